The highest BCUT2D eigenvalue weighted by molar-refractivity contribution is 6.21. The molecule has 103 heavy (non-hydrogen) atoms. The van der Waals surface area contributed by atoms with E-state index >= 15 is 0 Å². The number of rotatable bonds is 8. The molecule has 0 N–H and O–H groups in total. The molecule has 18 aromatic rings. The van der Waals surface area contributed by atoms with Crippen LogP contribution in [-0.2, 0) is 0 Å². The first-order valence-corrected chi connectivity index (χ1v) is 35.7. The average Bonchev–Trinajstić information content (AvgIpc) is 0.739. The smallest absolute Gasteiger partial charge is 0.00264 e. The van der Waals surface area contributed by atoms with Gasteiger partial charge >= 0.3 is 0 Å². The molecule has 0 aliphatic rings. The molecular weight excluding hydrogens is 1240 g/mol. The summed E-state index contributed by atoms with van der Waals surface area (Å²) in [6.45, 7) is 10.7. The third-order valence-corrected chi connectivity index (χ3v) is 19.5. The first-order chi connectivity index (χ1) is 50.7. The highest BCUT2D eigenvalue weighted by Gasteiger charge is 2.17. The topological polar surface area (TPSA) is 0 Å². The van der Waals surface area contributed by atoms with E-state index in [-0.39, 0.29) is 0 Å². The number of benzene rings is 18. The predicted molar refractivity (Wildman–Crippen MR) is 447 cm³/mol. The summed E-state index contributed by atoms with van der Waals surface area (Å²) in [7, 11) is 0. The van der Waals surface area contributed by atoms with Crippen molar-refractivity contribution in [3.8, 4) is 89.0 Å². The lowest BCUT2D eigenvalue weighted by molar-refractivity contribution is 1.45. The highest BCUT2D eigenvalue weighted by Crippen LogP contribution is 2.44. The van der Waals surface area contributed by atoms with Crippen LogP contribution in [-0.4, -0.2) is 0 Å². The van der Waals surface area contributed by atoms with Gasteiger partial charge in [-0.15, -0.1) is 0 Å². The van der Waals surface area contributed by atoms with Gasteiger partial charge in [0, 0.05) is 0 Å². The second-order valence-corrected chi connectivity index (χ2v) is 26.5. The molecule has 0 aromatic heterocycles. The van der Waals surface area contributed by atoms with E-state index in [2.05, 4.69) is 441 Å². The molecule has 0 unspecified atom stereocenters. The summed E-state index contributed by atoms with van der Waals surface area (Å²) in [6.07, 6.45) is 0. The molecular formula is C103H82. The lowest BCUT2D eigenvalue weighted by atomic mass is 9.86. The Labute approximate surface area is 607 Å². The summed E-state index contributed by atoms with van der Waals surface area (Å²) < 4.78 is 0. The molecule has 0 fully saturated rings. The van der Waals surface area contributed by atoms with Crippen LogP contribution in [0.1, 0.15) is 27.8 Å². The van der Waals surface area contributed by atoms with Crippen molar-refractivity contribution in [2.75, 3.05) is 0 Å². The van der Waals surface area contributed by atoms with Gasteiger partial charge in [-0.05, 0) is 201 Å². The molecule has 0 nitrogen and oxygen atoms in total. The van der Waals surface area contributed by atoms with Gasteiger partial charge in [-0.25, -0.2) is 0 Å². The predicted octanol–water partition coefficient (Wildman–Crippen LogP) is 29.1. The Morgan fingerprint density at radius 1 is 0.146 bits per heavy atom. The number of hydrogen-bond donors (Lipinski definition) is 0. The van der Waals surface area contributed by atoms with Gasteiger partial charge in [-0.3, -0.25) is 0 Å². The molecule has 0 atom stereocenters. The third kappa shape index (κ3) is 15.5. The zero-order valence-electron chi connectivity index (χ0n) is 59.2. The summed E-state index contributed by atoms with van der Waals surface area (Å²) in [5, 5.41) is 13.1. The van der Waals surface area contributed by atoms with Crippen LogP contribution in [0.2, 0.25) is 0 Å². The summed E-state index contributed by atoms with van der Waals surface area (Å²) in [5.41, 5.74) is 27.2. The average molecular weight is 1320 g/mol. The maximum absolute atomic E-state index is 2.31. The molecule has 0 bridgehead atoms. The summed E-state index contributed by atoms with van der Waals surface area (Å²) in [4.78, 5) is 0. The Morgan fingerprint density at radius 2 is 0.447 bits per heavy atom. The highest BCUT2D eigenvalue weighted by atomic mass is 14.2. The maximum Gasteiger partial charge on any atom is -0.00264 e. The Balaban J connectivity index is 0.000000110. The first kappa shape index (κ1) is 67.4. The van der Waals surface area contributed by atoms with Gasteiger partial charge < -0.3 is 0 Å². The molecule has 0 spiro atoms. The van der Waals surface area contributed by atoms with E-state index in [1.165, 1.54) is 171 Å². The lowest BCUT2D eigenvalue weighted by Gasteiger charge is -2.17. The van der Waals surface area contributed by atoms with Crippen LogP contribution in [0, 0.1) is 34.6 Å². The molecule has 494 valence electrons. The molecule has 18 aromatic carbocycles. The van der Waals surface area contributed by atoms with E-state index < -0.39 is 0 Å². The minimum atomic E-state index is 1.26. The second-order valence-electron chi connectivity index (χ2n) is 26.5. The zero-order chi connectivity index (χ0) is 70.3. The Hall–Kier alpha value is -12.7. The van der Waals surface area contributed by atoms with E-state index in [0.717, 1.165) is 0 Å². The molecule has 18 rings (SSSR count). The van der Waals surface area contributed by atoms with Gasteiger partial charge in [0.25, 0.3) is 0 Å². The van der Waals surface area contributed by atoms with Gasteiger partial charge in [0.15, 0.2) is 0 Å². The van der Waals surface area contributed by atoms with E-state index in [9.17, 15) is 0 Å². The fourth-order valence-electron chi connectivity index (χ4n) is 14.2. The Bertz CT molecular complexity index is 5670. The quantitative estimate of drug-likeness (QED) is 0.105. The van der Waals surface area contributed by atoms with Crippen molar-refractivity contribution in [2.45, 2.75) is 34.6 Å². The van der Waals surface area contributed by atoms with Gasteiger partial charge in [-0.1, -0.05) is 411 Å². The van der Waals surface area contributed by atoms with Crippen molar-refractivity contribution in [2.24, 2.45) is 0 Å². The number of fused-ring (bicyclic) bond motifs is 6. The molecule has 0 radical (unpaired) electrons. The van der Waals surface area contributed by atoms with Crippen LogP contribution < -0.4 is 0 Å². The van der Waals surface area contributed by atoms with E-state index in [1.807, 2.05) is 0 Å². The molecule has 0 aliphatic heterocycles. The monoisotopic (exact) mass is 1320 g/mol. The normalized spacial score (nSPS) is 10.8. The van der Waals surface area contributed by atoms with Crippen LogP contribution >= 0.6 is 0 Å². The van der Waals surface area contributed by atoms with Gasteiger partial charge in [0.2, 0.25) is 0 Å². The third-order valence-electron chi connectivity index (χ3n) is 19.5. The molecule has 0 saturated heterocycles. The molecule has 0 heterocycles. The summed E-state index contributed by atoms with van der Waals surface area (Å²) >= 11 is 0. The second kappa shape index (κ2) is 32.1. The molecule has 0 saturated carbocycles. The standard InChI is InChI=1S/C27H20.C21H16.2C19H16.C17H14/c1-19-15-17-21(18-16-19)27-24-13-7-5-11-22(24)26(20-9-3-2-4-10-20)23-12-6-8-14-25(23)27;1-15-10-12-16(13-11-15)21-14-17-6-2-3-7-18(17)19-8-4-5-9-20(19)21;1-15-18(16-9-4-2-5-10-16)13-8-14-19(15)17-11-6-3-7-12-17;1-15-12-13-18(16-8-4-2-5-9-16)14-19(15)17-10-6-3-7-11-17;1-13-9-11-15(12-10-13)17-8-4-6-14-5-2-3-7-16(14)17/h2-18H,1H3;2-14H,1H3;2*2-14H,1H3;2-12H,1H3. The van der Waals surface area contributed by atoms with E-state index in [0.29, 0.717) is 0 Å². The fourth-order valence-corrected chi connectivity index (χ4v) is 14.2. The Kier molecular flexibility index (Phi) is 21.0. The fraction of sp³-hybridized carbons (Fsp3) is 0.0485. The van der Waals surface area contributed by atoms with Gasteiger partial charge in [-0.2, -0.15) is 0 Å². The van der Waals surface area contributed by atoms with Crippen LogP contribution in [0.25, 0.3) is 143 Å². The first-order valence-electron chi connectivity index (χ1n) is 35.7. The largest absolute Gasteiger partial charge is 0.0622 e. The zero-order valence-corrected chi connectivity index (χ0v) is 59.2. The minimum absolute atomic E-state index is 1.26. The van der Waals surface area contributed by atoms with Crippen LogP contribution in [0.3, 0.4) is 0 Å². The molecule has 0 aliphatic carbocycles. The number of aryl methyl sites for hydroxylation is 4. The summed E-state index contributed by atoms with van der Waals surface area (Å²) in [5.74, 6) is 0. The van der Waals surface area contributed by atoms with Crippen molar-refractivity contribution in [1.82, 2.24) is 0 Å². The van der Waals surface area contributed by atoms with Crippen molar-refractivity contribution in [3.63, 3.8) is 0 Å². The van der Waals surface area contributed by atoms with Crippen molar-refractivity contribution in [1.29, 1.82) is 0 Å². The number of hydrogen-bond acceptors (Lipinski definition) is 0. The van der Waals surface area contributed by atoms with Crippen molar-refractivity contribution >= 4 is 53.9 Å². The van der Waals surface area contributed by atoms with E-state index in [4.69, 9.17) is 0 Å². The van der Waals surface area contributed by atoms with Gasteiger partial charge in [0.1, 0.15) is 0 Å². The Morgan fingerprint density at radius 3 is 0.922 bits per heavy atom. The van der Waals surface area contributed by atoms with Crippen molar-refractivity contribution < 1.29 is 0 Å². The summed E-state index contributed by atoms with van der Waals surface area (Å²) in [6, 6.07) is 145. The van der Waals surface area contributed by atoms with Crippen molar-refractivity contribution in [3.05, 3.63) is 434 Å². The van der Waals surface area contributed by atoms with E-state index in [1.54, 1.807) is 0 Å². The maximum atomic E-state index is 2.31. The SMILES string of the molecule is Cc1c(-c2ccccc2)cccc1-c1ccccc1.Cc1ccc(-c2c3ccccc3c(-c3ccccc3)c3ccccc23)cc1.Cc1ccc(-c2cc3ccccc3c3ccccc23)cc1.Cc1ccc(-c2cccc3ccccc23)cc1.Cc1ccc(-c2ccccc2)cc1-c1ccccc1. The molecule has 0 amide bonds. The van der Waals surface area contributed by atoms with Crippen LogP contribution in [0.4, 0.5) is 0 Å². The van der Waals surface area contributed by atoms with Crippen LogP contribution in [0.5, 0.6) is 0 Å². The molecule has 0 heteroatoms. The lowest BCUT2D eigenvalue weighted by Crippen LogP contribution is -1.90. The minimum Gasteiger partial charge on any atom is -0.0622 e. The van der Waals surface area contributed by atoms with Gasteiger partial charge in [0.05, 0.1) is 0 Å². The van der Waals surface area contributed by atoms with Crippen LogP contribution in [0.15, 0.2) is 406 Å².